The van der Waals surface area contributed by atoms with Crippen molar-refractivity contribution in [1.82, 2.24) is 9.96 Å². The van der Waals surface area contributed by atoms with Crippen LogP contribution < -0.4 is 0 Å². The van der Waals surface area contributed by atoms with Crippen LogP contribution in [0.2, 0.25) is 0 Å². The van der Waals surface area contributed by atoms with Gasteiger partial charge in [0.2, 0.25) is 5.91 Å². The molecule has 0 unspecified atom stereocenters. The van der Waals surface area contributed by atoms with Crippen molar-refractivity contribution < 1.29 is 19.2 Å². The molecule has 30 heavy (non-hydrogen) atoms. The average Bonchev–Trinajstić information content (AvgIpc) is 3.20. The summed E-state index contributed by atoms with van der Waals surface area (Å²) in [6, 6.07) is 9.72. The highest BCUT2D eigenvalue weighted by molar-refractivity contribution is 5.76. The minimum Gasteiger partial charge on any atom is -0.460 e. The molecule has 0 bridgehead atoms. The van der Waals surface area contributed by atoms with Crippen LogP contribution in [-0.2, 0) is 25.8 Å². The van der Waals surface area contributed by atoms with E-state index in [2.05, 4.69) is 4.90 Å². The standard InChI is InChI=1S/C24H38N2O4/c1-24(2,3)30-23(28)15-19-26(29-20-21-12-6-4-7-13-21)22(27)14-8-5-9-16-25-17-10-11-18-25/h4,6-7,12-13H,5,8-11,14-20H2,1-3H3. The van der Waals surface area contributed by atoms with Gasteiger partial charge in [-0.3, -0.25) is 14.4 Å². The third kappa shape index (κ3) is 10.2. The number of hydrogen-bond donors (Lipinski definition) is 0. The van der Waals surface area contributed by atoms with Crippen LogP contribution >= 0.6 is 0 Å². The van der Waals surface area contributed by atoms with Gasteiger partial charge in [-0.1, -0.05) is 36.8 Å². The summed E-state index contributed by atoms with van der Waals surface area (Å²) in [4.78, 5) is 33.1. The zero-order valence-electron chi connectivity index (χ0n) is 18.9. The fourth-order valence-corrected chi connectivity index (χ4v) is 3.49. The molecule has 0 aromatic heterocycles. The van der Waals surface area contributed by atoms with E-state index in [-0.39, 0.29) is 24.8 Å². The second-order valence-electron chi connectivity index (χ2n) is 8.95. The highest BCUT2D eigenvalue weighted by Crippen LogP contribution is 2.13. The van der Waals surface area contributed by atoms with Crippen molar-refractivity contribution in [2.75, 3.05) is 26.2 Å². The molecule has 168 valence electrons. The number of benzene rings is 1. The maximum atomic E-state index is 12.7. The molecule has 1 aromatic rings. The molecule has 0 spiro atoms. The number of likely N-dealkylation sites (tertiary alicyclic amines) is 1. The van der Waals surface area contributed by atoms with Gasteiger partial charge in [-0.25, -0.2) is 5.06 Å². The lowest BCUT2D eigenvalue weighted by Crippen LogP contribution is -2.34. The molecule has 0 aliphatic carbocycles. The molecule has 6 heteroatoms. The summed E-state index contributed by atoms with van der Waals surface area (Å²) in [5.74, 6) is -0.398. The zero-order valence-corrected chi connectivity index (χ0v) is 18.9. The fourth-order valence-electron chi connectivity index (χ4n) is 3.49. The molecule has 0 radical (unpaired) electrons. The first-order valence-electron chi connectivity index (χ1n) is 11.2. The van der Waals surface area contributed by atoms with E-state index >= 15 is 0 Å². The number of unbranched alkanes of at least 4 members (excludes halogenated alkanes) is 2. The summed E-state index contributed by atoms with van der Waals surface area (Å²) in [6.07, 6.45) is 6.16. The minimum atomic E-state index is -0.536. The second kappa shape index (κ2) is 12.7. The first-order valence-corrected chi connectivity index (χ1v) is 11.2. The Labute approximate surface area is 181 Å². The van der Waals surface area contributed by atoms with Crippen molar-refractivity contribution in [1.29, 1.82) is 0 Å². The maximum Gasteiger partial charge on any atom is 0.308 e. The Morgan fingerprint density at radius 1 is 1.00 bits per heavy atom. The summed E-state index contributed by atoms with van der Waals surface area (Å²) in [5.41, 5.74) is 0.449. The number of rotatable bonds is 12. The normalized spacial score (nSPS) is 14.6. The van der Waals surface area contributed by atoms with Crippen LogP contribution in [0.3, 0.4) is 0 Å². The number of carbonyl (C=O) groups is 2. The quantitative estimate of drug-likeness (QED) is 0.287. The van der Waals surface area contributed by atoms with Crippen LogP contribution in [0, 0.1) is 0 Å². The first-order chi connectivity index (χ1) is 14.3. The van der Waals surface area contributed by atoms with Crippen molar-refractivity contribution in [3.05, 3.63) is 35.9 Å². The molecule has 0 N–H and O–H groups in total. The van der Waals surface area contributed by atoms with E-state index in [0.29, 0.717) is 13.0 Å². The molecule has 2 rings (SSSR count). The van der Waals surface area contributed by atoms with Gasteiger partial charge in [-0.05, 0) is 71.7 Å². The molecular weight excluding hydrogens is 380 g/mol. The third-order valence-electron chi connectivity index (χ3n) is 5.01. The fraction of sp³-hybridized carbons (Fsp3) is 0.667. The molecule has 1 saturated heterocycles. The Balaban J connectivity index is 1.77. The van der Waals surface area contributed by atoms with E-state index in [1.54, 1.807) is 0 Å². The van der Waals surface area contributed by atoms with Crippen molar-refractivity contribution in [2.24, 2.45) is 0 Å². The van der Waals surface area contributed by atoms with Gasteiger partial charge in [0, 0.05) is 6.42 Å². The number of hydrogen-bond acceptors (Lipinski definition) is 5. The number of amides is 1. The predicted octanol–water partition coefficient (Wildman–Crippen LogP) is 4.33. The predicted molar refractivity (Wildman–Crippen MR) is 118 cm³/mol. The molecular formula is C24H38N2O4. The lowest BCUT2D eigenvalue weighted by molar-refractivity contribution is -0.194. The van der Waals surface area contributed by atoms with Crippen LogP contribution in [0.1, 0.15) is 71.3 Å². The average molecular weight is 419 g/mol. The van der Waals surface area contributed by atoms with E-state index in [1.807, 2.05) is 51.1 Å². The summed E-state index contributed by atoms with van der Waals surface area (Å²) in [7, 11) is 0. The van der Waals surface area contributed by atoms with Crippen LogP contribution in [0.15, 0.2) is 30.3 Å². The van der Waals surface area contributed by atoms with Gasteiger partial charge in [0.1, 0.15) is 12.2 Å². The van der Waals surface area contributed by atoms with Crippen LogP contribution in [0.4, 0.5) is 0 Å². The Bertz CT molecular complexity index is 636. The van der Waals surface area contributed by atoms with Gasteiger partial charge in [0.25, 0.3) is 0 Å². The molecule has 1 aromatic carbocycles. The monoisotopic (exact) mass is 418 g/mol. The van der Waals surface area contributed by atoms with Gasteiger partial charge in [-0.15, -0.1) is 0 Å². The SMILES string of the molecule is CC(C)(C)OC(=O)CCN(OCc1ccccc1)C(=O)CCCCCN1CCCC1. The summed E-state index contributed by atoms with van der Waals surface area (Å²) in [5, 5.41) is 1.34. The molecule has 1 heterocycles. The van der Waals surface area contributed by atoms with Gasteiger partial charge in [0.15, 0.2) is 0 Å². The molecule has 6 nitrogen and oxygen atoms in total. The first kappa shape index (κ1) is 24.4. The highest BCUT2D eigenvalue weighted by Gasteiger charge is 2.20. The lowest BCUT2D eigenvalue weighted by atomic mass is 10.1. The number of nitrogens with zero attached hydrogens (tertiary/aromatic N) is 2. The lowest BCUT2D eigenvalue weighted by Gasteiger charge is -2.24. The van der Waals surface area contributed by atoms with Crippen molar-refractivity contribution in [3.63, 3.8) is 0 Å². The number of carbonyl (C=O) groups excluding carboxylic acids is 2. The van der Waals surface area contributed by atoms with E-state index in [9.17, 15) is 9.59 Å². The summed E-state index contributed by atoms with van der Waals surface area (Å²) in [6.45, 7) is 9.56. The Hall–Kier alpha value is -1.92. The van der Waals surface area contributed by atoms with Crippen LogP contribution in [-0.4, -0.2) is 53.6 Å². The number of ether oxygens (including phenoxy) is 1. The van der Waals surface area contributed by atoms with Gasteiger partial charge in [-0.2, -0.15) is 0 Å². The van der Waals surface area contributed by atoms with E-state index in [0.717, 1.165) is 31.4 Å². The Morgan fingerprint density at radius 3 is 2.37 bits per heavy atom. The van der Waals surface area contributed by atoms with Crippen LogP contribution in [0.25, 0.3) is 0 Å². The largest absolute Gasteiger partial charge is 0.460 e. The van der Waals surface area contributed by atoms with E-state index in [1.165, 1.54) is 31.0 Å². The second-order valence-corrected chi connectivity index (χ2v) is 8.95. The summed E-state index contributed by atoms with van der Waals surface area (Å²) < 4.78 is 5.36. The highest BCUT2D eigenvalue weighted by atomic mass is 16.7. The molecule has 1 amide bonds. The molecule has 0 atom stereocenters. The third-order valence-corrected chi connectivity index (χ3v) is 5.01. The maximum absolute atomic E-state index is 12.7. The molecule has 1 fully saturated rings. The number of hydroxylamine groups is 2. The smallest absolute Gasteiger partial charge is 0.308 e. The zero-order chi connectivity index (χ0) is 21.8. The Kier molecular flexibility index (Phi) is 10.3. The Morgan fingerprint density at radius 2 is 1.70 bits per heavy atom. The van der Waals surface area contributed by atoms with Crippen molar-refractivity contribution in [2.45, 2.75) is 77.9 Å². The minimum absolute atomic E-state index is 0.0735. The molecule has 1 aliphatic rings. The number of esters is 1. The summed E-state index contributed by atoms with van der Waals surface area (Å²) >= 11 is 0. The molecule has 0 saturated carbocycles. The van der Waals surface area contributed by atoms with Gasteiger partial charge < -0.3 is 9.64 Å². The van der Waals surface area contributed by atoms with E-state index in [4.69, 9.17) is 9.57 Å². The van der Waals surface area contributed by atoms with E-state index < -0.39 is 5.60 Å². The van der Waals surface area contributed by atoms with Gasteiger partial charge in [0.05, 0.1) is 13.0 Å². The van der Waals surface area contributed by atoms with Crippen molar-refractivity contribution >= 4 is 11.9 Å². The molecule has 1 aliphatic heterocycles. The van der Waals surface area contributed by atoms with Crippen molar-refractivity contribution in [3.8, 4) is 0 Å². The van der Waals surface area contributed by atoms with Gasteiger partial charge >= 0.3 is 5.97 Å². The topological polar surface area (TPSA) is 59.1 Å². The van der Waals surface area contributed by atoms with Crippen LogP contribution in [0.5, 0.6) is 0 Å².